The summed E-state index contributed by atoms with van der Waals surface area (Å²) in [5.41, 5.74) is 0. The van der Waals surface area contributed by atoms with Gasteiger partial charge in [-0.1, -0.05) is 30.2 Å². The smallest absolute Gasteiger partial charge is 0.191 e. The van der Waals surface area contributed by atoms with Crippen LogP contribution in [0, 0.1) is 0 Å². The number of hydrogen-bond donors (Lipinski definition) is 2. The van der Waals surface area contributed by atoms with Crippen LogP contribution < -0.4 is 15.4 Å². The monoisotopic (exact) mass is 466 g/mol. The highest BCUT2D eigenvalue weighted by atomic mass is 127. The Kier molecular flexibility index (Phi) is 11.2. The second-order valence-corrected chi connectivity index (χ2v) is 6.01. The number of guanidine groups is 1. The van der Waals surface area contributed by atoms with Crippen LogP contribution in [0.1, 0.15) is 19.3 Å². The maximum Gasteiger partial charge on any atom is 0.191 e. The van der Waals surface area contributed by atoms with Crippen LogP contribution in [0.2, 0.25) is 5.02 Å². The molecule has 1 aromatic carbocycles. The second-order valence-electron chi connectivity index (χ2n) is 5.61. The Labute approximate surface area is 167 Å². The lowest BCUT2D eigenvalue weighted by molar-refractivity contribution is 0.232. The largest absolute Gasteiger partial charge is 0.490 e. The molecule has 0 radical (unpaired) electrons. The Bertz CT molecular complexity index is 495. The van der Waals surface area contributed by atoms with Crippen molar-refractivity contribution in [3.8, 4) is 5.75 Å². The van der Waals surface area contributed by atoms with Crippen molar-refractivity contribution in [1.82, 2.24) is 15.5 Å². The van der Waals surface area contributed by atoms with Crippen molar-refractivity contribution in [3.63, 3.8) is 0 Å². The third kappa shape index (κ3) is 7.90. The lowest BCUT2D eigenvalue weighted by Crippen LogP contribution is -2.43. The van der Waals surface area contributed by atoms with Gasteiger partial charge in [-0.15, -0.1) is 24.0 Å². The van der Waals surface area contributed by atoms with E-state index in [-0.39, 0.29) is 24.0 Å². The van der Waals surface area contributed by atoms with E-state index in [1.165, 1.54) is 32.4 Å². The van der Waals surface area contributed by atoms with Crippen LogP contribution in [-0.2, 0) is 0 Å². The molecule has 0 bridgehead atoms. The Morgan fingerprint density at radius 3 is 2.58 bits per heavy atom. The van der Waals surface area contributed by atoms with Crippen LogP contribution in [0.3, 0.4) is 0 Å². The molecule has 0 atom stereocenters. The Morgan fingerprint density at radius 2 is 1.88 bits per heavy atom. The number of likely N-dealkylation sites (tertiary alicyclic amines) is 1. The summed E-state index contributed by atoms with van der Waals surface area (Å²) < 4.78 is 5.65. The normalized spacial score (nSPS) is 15.5. The van der Waals surface area contributed by atoms with E-state index in [4.69, 9.17) is 16.3 Å². The molecule has 5 nitrogen and oxygen atoms in total. The molecule has 1 aliphatic heterocycles. The van der Waals surface area contributed by atoms with Crippen molar-refractivity contribution in [1.29, 1.82) is 0 Å². The van der Waals surface area contributed by atoms with Crippen LogP contribution in [0.5, 0.6) is 5.75 Å². The van der Waals surface area contributed by atoms with Gasteiger partial charge in [-0.2, -0.15) is 0 Å². The summed E-state index contributed by atoms with van der Waals surface area (Å²) in [7, 11) is 1.78. The van der Waals surface area contributed by atoms with E-state index < -0.39 is 0 Å². The van der Waals surface area contributed by atoms with Crippen molar-refractivity contribution in [3.05, 3.63) is 29.3 Å². The van der Waals surface area contributed by atoms with E-state index in [2.05, 4.69) is 20.5 Å². The van der Waals surface area contributed by atoms with Gasteiger partial charge >= 0.3 is 0 Å². The first kappa shape index (κ1) is 21.3. The quantitative estimate of drug-likeness (QED) is 0.281. The molecule has 2 rings (SSSR count). The molecule has 7 heteroatoms. The van der Waals surface area contributed by atoms with Crippen LogP contribution >= 0.6 is 35.6 Å². The predicted molar refractivity (Wildman–Crippen MR) is 112 cm³/mol. The van der Waals surface area contributed by atoms with Crippen LogP contribution in [0.4, 0.5) is 0 Å². The van der Waals surface area contributed by atoms with Crippen LogP contribution in [-0.4, -0.2) is 57.2 Å². The molecule has 0 aliphatic carbocycles. The minimum Gasteiger partial charge on any atom is -0.490 e. The van der Waals surface area contributed by atoms with Crippen molar-refractivity contribution in [2.45, 2.75) is 19.3 Å². The molecule has 0 spiro atoms. The summed E-state index contributed by atoms with van der Waals surface area (Å²) in [6.07, 6.45) is 4.03. The fraction of sp³-hybridized carbons (Fsp3) is 0.588. The van der Waals surface area contributed by atoms with Gasteiger partial charge in [0, 0.05) is 20.1 Å². The number of hydrogen-bond acceptors (Lipinski definition) is 3. The van der Waals surface area contributed by atoms with Crippen molar-refractivity contribution in [2.75, 3.05) is 46.4 Å². The first-order valence-corrected chi connectivity index (χ1v) is 8.71. The average Bonchev–Trinajstić information content (AvgIpc) is 2.59. The number of aliphatic imine (C=N–C) groups is 1. The zero-order valence-electron chi connectivity index (χ0n) is 14.3. The van der Waals surface area contributed by atoms with Crippen molar-refractivity contribution in [2.24, 2.45) is 4.99 Å². The van der Waals surface area contributed by atoms with Gasteiger partial charge in [-0.25, -0.2) is 0 Å². The van der Waals surface area contributed by atoms with Gasteiger partial charge < -0.3 is 20.3 Å². The van der Waals surface area contributed by atoms with E-state index in [9.17, 15) is 0 Å². The standard InChI is InChI=1S/C17H27ClN4O.HI/c1-19-17(20-9-13-22-11-5-2-6-12-22)21-10-14-23-16-8-4-3-7-15(16)18;/h3-4,7-8H,2,5-6,9-14H2,1H3,(H2,19,20,21);1H. The van der Waals surface area contributed by atoms with Crippen LogP contribution in [0.25, 0.3) is 0 Å². The van der Waals surface area contributed by atoms with Gasteiger partial charge in [0.15, 0.2) is 5.96 Å². The Hall–Kier alpha value is -0.730. The van der Waals surface area contributed by atoms with Gasteiger partial charge in [0.1, 0.15) is 12.4 Å². The van der Waals surface area contributed by atoms with E-state index in [0.29, 0.717) is 23.9 Å². The van der Waals surface area contributed by atoms with E-state index in [1.54, 1.807) is 7.05 Å². The van der Waals surface area contributed by atoms with E-state index in [1.807, 2.05) is 24.3 Å². The molecule has 1 heterocycles. The Balaban J connectivity index is 0.00000288. The summed E-state index contributed by atoms with van der Waals surface area (Å²) in [4.78, 5) is 6.73. The number of benzene rings is 1. The van der Waals surface area contributed by atoms with Gasteiger partial charge in [-0.05, 0) is 38.1 Å². The first-order chi connectivity index (χ1) is 11.3. The summed E-state index contributed by atoms with van der Waals surface area (Å²) in [5, 5.41) is 7.23. The van der Waals surface area contributed by atoms with Gasteiger partial charge in [0.2, 0.25) is 0 Å². The molecule has 0 aromatic heterocycles. The molecule has 136 valence electrons. The molecule has 1 fully saturated rings. The molecule has 1 saturated heterocycles. The molecule has 0 unspecified atom stereocenters. The number of nitrogens with one attached hydrogen (secondary N) is 2. The molecule has 1 aliphatic rings. The molecule has 24 heavy (non-hydrogen) atoms. The highest BCUT2D eigenvalue weighted by Gasteiger charge is 2.09. The molecule has 0 amide bonds. The highest BCUT2D eigenvalue weighted by Crippen LogP contribution is 2.22. The minimum atomic E-state index is 0. The predicted octanol–water partition coefficient (Wildman–Crippen LogP) is 2.99. The minimum absolute atomic E-state index is 0. The fourth-order valence-corrected chi connectivity index (χ4v) is 2.82. The molecular formula is C17H28ClIN4O. The fourth-order valence-electron chi connectivity index (χ4n) is 2.63. The van der Waals surface area contributed by atoms with E-state index in [0.717, 1.165) is 19.0 Å². The maximum absolute atomic E-state index is 6.05. The summed E-state index contributed by atoms with van der Waals surface area (Å²) >= 11 is 6.05. The Morgan fingerprint density at radius 1 is 1.17 bits per heavy atom. The SMILES string of the molecule is CN=C(NCCOc1ccccc1Cl)NCCN1CCCCC1.I. The second kappa shape index (κ2) is 12.6. The lowest BCUT2D eigenvalue weighted by Gasteiger charge is -2.26. The number of nitrogens with zero attached hydrogens (tertiary/aromatic N) is 2. The van der Waals surface area contributed by atoms with Crippen LogP contribution in [0.15, 0.2) is 29.3 Å². The molecule has 0 saturated carbocycles. The highest BCUT2D eigenvalue weighted by molar-refractivity contribution is 14.0. The first-order valence-electron chi connectivity index (χ1n) is 8.34. The third-order valence-electron chi connectivity index (χ3n) is 3.88. The summed E-state index contributed by atoms with van der Waals surface area (Å²) in [5.74, 6) is 1.52. The van der Waals surface area contributed by atoms with E-state index >= 15 is 0 Å². The van der Waals surface area contributed by atoms with Gasteiger partial charge in [-0.3, -0.25) is 4.99 Å². The number of rotatable bonds is 7. The lowest BCUT2D eigenvalue weighted by atomic mass is 10.1. The topological polar surface area (TPSA) is 48.9 Å². The number of halogens is 2. The van der Waals surface area contributed by atoms with Crippen molar-refractivity contribution < 1.29 is 4.74 Å². The number of piperidine rings is 1. The maximum atomic E-state index is 6.05. The van der Waals surface area contributed by atoms with Gasteiger partial charge in [0.05, 0.1) is 11.6 Å². The molecule has 1 aromatic rings. The molecular weight excluding hydrogens is 439 g/mol. The molecule has 2 N–H and O–H groups in total. The summed E-state index contributed by atoms with van der Waals surface area (Å²) in [6, 6.07) is 7.50. The van der Waals surface area contributed by atoms with Crippen molar-refractivity contribution >= 4 is 41.5 Å². The summed E-state index contributed by atoms with van der Waals surface area (Å²) in [6.45, 7) is 5.63. The number of para-hydroxylation sites is 1. The third-order valence-corrected chi connectivity index (χ3v) is 4.19. The zero-order chi connectivity index (χ0) is 16.3. The average molecular weight is 467 g/mol. The zero-order valence-corrected chi connectivity index (χ0v) is 17.3. The number of ether oxygens (including phenoxy) is 1. The van der Waals surface area contributed by atoms with Gasteiger partial charge in [0.25, 0.3) is 0 Å².